The van der Waals surface area contributed by atoms with Gasteiger partial charge in [-0.05, 0) is 0 Å². The number of urea groups is 1. The summed E-state index contributed by atoms with van der Waals surface area (Å²) in [4.78, 5) is 22.5. The minimum absolute atomic E-state index is 0.234. The van der Waals surface area contributed by atoms with Crippen LogP contribution < -0.4 is 5.32 Å². The molecule has 1 aliphatic rings. The molecule has 1 fully saturated rings. The Bertz CT molecular complexity index is 185. The maximum atomic E-state index is 10.8. The number of rotatable bonds is 1. The summed E-state index contributed by atoms with van der Waals surface area (Å²) in [6, 6.07) is -0.664. The first-order valence-corrected chi connectivity index (χ1v) is 3.57. The molecule has 0 aliphatic carbocycles. The van der Waals surface area contributed by atoms with Crippen LogP contribution in [-0.2, 0) is 4.74 Å². The Morgan fingerprint density at radius 1 is 1.82 bits per heavy atom. The van der Waals surface area contributed by atoms with Crippen LogP contribution in [0.15, 0.2) is 0 Å². The molecule has 1 rings (SSSR count). The molecule has 11 heavy (non-hydrogen) atoms. The van der Waals surface area contributed by atoms with E-state index in [0.717, 1.165) is 4.90 Å². The lowest BCUT2D eigenvalue weighted by Gasteiger charge is -2.09. The van der Waals surface area contributed by atoms with Crippen molar-refractivity contribution in [3.8, 4) is 0 Å². The lowest BCUT2D eigenvalue weighted by Crippen LogP contribution is -2.34. The van der Waals surface area contributed by atoms with Gasteiger partial charge in [0.05, 0.1) is 6.54 Å². The minimum Gasteiger partial charge on any atom is -0.433 e. The van der Waals surface area contributed by atoms with Gasteiger partial charge in [0.25, 0.3) is 0 Å². The van der Waals surface area contributed by atoms with Gasteiger partial charge in [-0.1, -0.05) is 11.6 Å². The molecule has 0 bridgehead atoms. The van der Waals surface area contributed by atoms with Gasteiger partial charge < -0.3 is 10.1 Å². The van der Waals surface area contributed by atoms with Gasteiger partial charge in [0.1, 0.15) is 0 Å². The fourth-order valence-electron chi connectivity index (χ4n) is 0.770. The summed E-state index contributed by atoms with van der Waals surface area (Å²) in [7, 11) is 0. The summed E-state index contributed by atoms with van der Waals surface area (Å²) in [5.41, 5.74) is 0. The lowest BCUT2D eigenvalue weighted by atomic mass is 10.6. The smallest absolute Gasteiger partial charge is 0.419 e. The average molecular weight is 179 g/mol. The third kappa shape index (κ3) is 1.74. The number of halogens is 1. The van der Waals surface area contributed by atoms with Crippen molar-refractivity contribution in [2.45, 2.75) is 0 Å². The van der Waals surface area contributed by atoms with E-state index in [1.807, 2.05) is 0 Å². The van der Waals surface area contributed by atoms with Crippen LogP contribution in [0, 0.1) is 0 Å². The molecule has 3 amide bonds. The van der Waals surface area contributed by atoms with Gasteiger partial charge in [-0.15, -0.1) is 0 Å². The molecule has 6 heteroatoms. The van der Waals surface area contributed by atoms with Crippen LogP contribution in [0.5, 0.6) is 0 Å². The molecule has 0 radical (unpaired) electrons. The van der Waals surface area contributed by atoms with Crippen LogP contribution in [-0.4, -0.2) is 36.2 Å². The van der Waals surface area contributed by atoms with Gasteiger partial charge >= 0.3 is 12.1 Å². The number of amides is 3. The number of nitrogens with one attached hydrogen (secondary N) is 1. The highest BCUT2D eigenvalue weighted by molar-refractivity contribution is 6.17. The summed E-state index contributed by atoms with van der Waals surface area (Å²) >= 11 is 5.12. The molecule has 1 aliphatic heterocycles. The van der Waals surface area contributed by atoms with E-state index in [4.69, 9.17) is 11.6 Å². The predicted molar refractivity (Wildman–Crippen MR) is 37.3 cm³/mol. The molecule has 0 saturated carbocycles. The fraction of sp³-hybridized carbons (Fsp3) is 0.600. The Labute approximate surface area is 68.2 Å². The summed E-state index contributed by atoms with van der Waals surface area (Å²) < 4.78 is 4.39. The molecule has 1 heterocycles. The second kappa shape index (κ2) is 3.43. The van der Waals surface area contributed by atoms with Gasteiger partial charge in [-0.3, -0.25) is 0 Å². The summed E-state index contributed by atoms with van der Waals surface area (Å²) in [5, 5.41) is 2.45. The zero-order chi connectivity index (χ0) is 8.27. The second-order valence-corrected chi connectivity index (χ2v) is 2.12. The maximum Gasteiger partial charge on any atom is 0.419 e. The van der Waals surface area contributed by atoms with Gasteiger partial charge in [0.2, 0.25) is 0 Å². The number of hydrogen-bond donors (Lipinski definition) is 1. The fourth-order valence-corrected chi connectivity index (χ4v) is 0.864. The summed E-state index contributed by atoms with van der Waals surface area (Å²) in [6.45, 7) is 0.810. The molecule has 1 saturated heterocycles. The molecular weight excluding hydrogens is 172 g/mol. The largest absolute Gasteiger partial charge is 0.433 e. The van der Waals surface area contributed by atoms with Gasteiger partial charge in [0, 0.05) is 6.54 Å². The minimum atomic E-state index is -0.699. The molecule has 1 N–H and O–H groups in total. The van der Waals surface area contributed by atoms with Crippen LogP contribution in [0.3, 0.4) is 0 Å². The molecule has 62 valence electrons. The quantitative estimate of drug-likeness (QED) is 0.590. The van der Waals surface area contributed by atoms with Gasteiger partial charge in [-0.25, -0.2) is 14.5 Å². The zero-order valence-electron chi connectivity index (χ0n) is 5.67. The van der Waals surface area contributed by atoms with Gasteiger partial charge in [-0.2, -0.15) is 0 Å². The Morgan fingerprint density at radius 2 is 2.55 bits per heavy atom. The molecule has 5 nitrogen and oxygen atoms in total. The molecule has 0 spiro atoms. The average Bonchev–Trinajstić information content (AvgIpc) is 2.36. The third-order valence-electron chi connectivity index (χ3n) is 1.26. The van der Waals surface area contributed by atoms with E-state index < -0.39 is 12.1 Å². The molecule has 0 aromatic carbocycles. The summed E-state index contributed by atoms with van der Waals surface area (Å²) in [5.74, 6) is 0. The van der Waals surface area contributed by atoms with Crippen LogP contribution in [0.1, 0.15) is 0 Å². The monoisotopic (exact) mass is 178 g/mol. The van der Waals surface area contributed by atoms with E-state index in [2.05, 4.69) is 10.1 Å². The van der Waals surface area contributed by atoms with Crippen LogP contribution in [0.25, 0.3) is 0 Å². The second-order valence-electron chi connectivity index (χ2n) is 1.90. The van der Waals surface area contributed by atoms with Crippen molar-refractivity contribution in [2.75, 3.05) is 19.2 Å². The molecule has 0 unspecified atom stereocenters. The first-order valence-electron chi connectivity index (χ1n) is 3.04. The van der Waals surface area contributed by atoms with Crippen molar-refractivity contribution in [3.05, 3.63) is 0 Å². The first kappa shape index (κ1) is 8.13. The van der Waals surface area contributed by atoms with Crippen LogP contribution in [0.2, 0.25) is 0 Å². The first-order chi connectivity index (χ1) is 5.25. The third-order valence-corrected chi connectivity index (χ3v) is 1.36. The van der Waals surface area contributed by atoms with Crippen LogP contribution >= 0.6 is 11.6 Å². The molecule has 0 aromatic rings. The Kier molecular flexibility index (Phi) is 2.53. The van der Waals surface area contributed by atoms with E-state index in [1.165, 1.54) is 0 Å². The number of hydrogen-bond acceptors (Lipinski definition) is 3. The maximum absolute atomic E-state index is 10.8. The zero-order valence-corrected chi connectivity index (χ0v) is 6.43. The highest BCUT2D eigenvalue weighted by Crippen LogP contribution is 2.00. The van der Waals surface area contributed by atoms with Crippen molar-refractivity contribution in [1.82, 2.24) is 10.2 Å². The van der Waals surface area contributed by atoms with Gasteiger partial charge in [0.15, 0.2) is 6.07 Å². The topological polar surface area (TPSA) is 58.6 Å². The number of alkyl halides is 1. The van der Waals surface area contributed by atoms with Crippen molar-refractivity contribution >= 4 is 23.7 Å². The van der Waals surface area contributed by atoms with E-state index >= 15 is 0 Å². The van der Waals surface area contributed by atoms with E-state index in [-0.39, 0.29) is 6.07 Å². The highest BCUT2D eigenvalue weighted by atomic mass is 35.5. The van der Waals surface area contributed by atoms with Crippen molar-refractivity contribution in [1.29, 1.82) is 0 Å². The Balaban J connectivity index is 2.46. The molecule has 0 aromatic heterocycles. The van der Waals surface area contributed by atoms with E-state index in [1.54, 1.807) is 0 Å². The van der Waals surface area contributed by atoms with Crippen molar-refractivity contribution in [2.24, 2.45) is 0 Å². The predicted octanol–water partition coefficient (Wildman–Crippen LogP) is 0.345. The van der Waals surface area contributed by atoms with E-state index in [9.17, 15) is 9.59 Å². The van der Waals surface area contributed by atoms with Crippen molar-refractivity contribution in [3.63, 3.8) is 0 Å². The normalized spacial score (nSPS) is 16.5. The number of ether oxygens (including phenoxy) is 1. The van der Waals surface area contributed by atoms with E-state index in [0.29, 0.717) is 13.1 Å². The number of nitrogens with zero attached hydrogens (tertiary/aromatic N) is 1. The SMILES string of the molecule is O=C1NCCN1C(=O)OCCl. The molecule has 0 atom stereocenters. The summed E-state index contributed by atoms with van der Waals surface area (Å²) in [6.07, 6.45) is -0.699. The Morgan fingerprint density at radius 3 is 3.00 bits per heavy atom. The van der Waals surface area contributed by atoms with Crippen molar-refractivity contribution < 1.29 is 14.3 Å². The standard InChI is InChI=1S/C5H7ClN2O3/c6-3-11-5(10)8-2-1-7-4(8)9/h1-3H2,(H,7,9). The Hall–Kier alpha value is -0.970. The number of imide groups is 1. The highest BCUT2D eigenvalue weighted by Gasteiger charge is 2.26. The number of carbonyl (C=O) groups is 2. The molecular formula is C5H7ClN2O3. The number of carbonyl (C=O) groups excluding carboxylic acids is 2. The lowest BCUT2D eigenvalue weighted by molar-refractivity contribution is 0.132. The van der Waals surface area contributed by atoms with Crippen LogP contribution in [0.4, 0.5) is 9.59 Å².